The van der Waals surface area contributed by atoms with Crippen LogP contribution in [0.15, 0.2) is 18.5 Å². The lowest BCUT2D eigenvalue weighted by atomic mass is 9.63. The van der Waals surface area contributed by atoms with Crippen molar-refractivity contribution in [3.63, 3.8) is 0 Å². The van der Waals surface area contributed by atoms with Crippen molar-refractivity contribution in [1.82, 2.24) is 5.32 Å². The lowest BCUT2D eigenvalue weighted by molar-refractivity contribution is -0.150. The minimum atomic E-state index is -2.22. The molecule has 0 aromatic carbocycles. The van der Waals surface area contributed by atoms with Crippen LogP contribution in [0.2, 0.25) is 0 Å². The third-order valence-electron chi connectivity index (χ3n) is 4.91. The summed E-state index contributed by atoms with van der Waals surface area (Å²) in [5.41, 5.74) is -2.68. The molecule has 0 spiro atoms. The molecule has 1 amide bonds. The number of carbonyl (C=O) groups excluding carboxylic acids is 1. The second kappa shape index (κ2) is 13.1. The fourth-order valence-corrected chi connectivity index (χ4v) is 9.16. The van der Waals surface area contributed by atoms with Crippen molar-refractivity contribution in [2.24, 2.45) is 5.41 Å². The normalized spacial score (nSPS) is 25.0. The third-order valence-corrected chi connectivity index (χ3v) is 9.25. The average molecular weight is 811 g/mol. The van der Waals surface area contributed by atoms with Crippen LogP contribution in [-0.2, 0) is 19.1 Å². The number of hydrogen-bond acceptors (Lipinski definition) is 9. The zero-order chi connectivity index (χ0) is 25.6. The number of carboxylic acid groups (broad SMARTS) is 2. The van der Waals surface area contributed by atoms with Gasteiger partial charge in [-0.2, -0.15) is 0 Å². The number of aliphatic carboxylic acids is 2. The molecule has 15 heteroatoms. The number of aliphatic hydroxyl groups is 5. The van der Waals surface area contributed by atoms with E-state index in [1.165, 1.54) is 0 Å². The van der Waals surface area contributed by atoms with Crippen LogP contribution in [0.3, 0.4) is 0 Å². The van der Waals surface area contributed by atoms with Crippen LogP contribution < -0.4 is 5.32 Å². The Hall–Kier alpha value is -0.320. The van der Waals surface area contributed by atoms with Crippen LogP contribution in [0.4, 0.5) is 0 Å². The van der Waals surface area contributed by atoms with E-state index < -0.39 is 77.1 Å². The molecule has 1 aliphatic carbocycles. The van der Waals surface area contributed by atoms with E-state index in [0.717, 1.165) is 0 Å². The Morgan fingerprint density at radius 1 is 1.00 bits per heavy atom. The summed E-state index contributed by atoms with van der Waals surface area (Å²) in [6, 6.07) is 0. The van der Waals surface area contributed by atoms with E-state index >= 15 is 0 Å². The lowest BCUT2D eigenvalue weighted by Gasteiger charge is -2.49. The Labute approximate surface area is 229 Å². The van der Waals surface area contributed by atoms with Gasteiger partial charge in [0.05, 0.1) is 48.2 Å². The van der Waals surface area contributed by atoms with Crippen molar-refractivity contribution >= 4 is 85.6 Å². The number of rotatable bonds is 13. The topological polar surface area (TPSA) is 214 Å². The number of halogens is 3. The molecule has 0 saturated heterocycles. The van der Waals surface area contributed by atoms with Crippen molar-refractivity contribution < 1.29 is 54.9 Å². The predicted molar refractivity (Wildman–Crippen MR) is 138 cm³/mol. The van der Waals surface area contributed by atoms with Crippen LogP contribution in [0.5, 0.6) is 0 Å². The molecule has 1 aliphatic rings. The largest absolute Gasteiger partial charge is 0.482 e. The number of carboxylic acids is 2. The highest BCUT2D eigenvalue weighted by atomic mass is 127. The summed E-state index contributed by atoms with van der Waals surface area (Å²) in [5.74, 6) is -3.96. The summed E-state index contributed by atoms with van der Waals surface area (Å²) in [6.45, 7) is -2.59. The molecule has 0 radical (unpaired) electrons. The van der Waals surface area contributed by atoms with E-state index in [4.69, 9.17) is 9.84 Å². The third kappa shape index (κ3) is 6.47. The summed E-state index contributed by atoms with van der Waals surface area (Å²) >= 11 is 4.87. The quantitative estimate of drug-likeness (QED) is 0.0859. The van der Waals surface area contributed by atoms with Gasteiger partial charge >= 0.3 is 11.9 Å². The van der Waals surface area contributed by atoms with Gasteiger partial charge in [-0.3, -0.25) is 9.59 Å². The predicted octanol–water partition coefficient (Wildman–Crippen LogP) is -0.723. The number of carbonyl (C=O) groups is 3. The van der Waals surface area contributed by atoms with Crippen molar-refractivity contribution in [3.05, 3.63) is 18.5 Å². The summed E-state index contributed by atoms with van der Waals surface area (Å²) in [6.07, 6.45) is -4.24. The molecule has 33 heavy (non-hydrogen) atoms. The highest BCUT2D eigenvalue weighted by Gasteiger charge is 2.65. The van der Waals surface area contributed by atoms with E-state index in [1.807, 2.05) is 0 Å². The van der Waals surface area contributed by atoms with Gasteiger partial charge in [-0.05, 0) is 58.0 Å². The molecule has 0 saturated carbocycles. The number of alkyl halides is 1. The summed E-state index contributed by atoms with van der Waals surface area (Å²) < 4.78 is 3.52. The molecular weight excluding hydrogens is 787 g/mol. The maximum absolute atomic E-state index is 12.8. The molecule has 1 rings (SSSR count). The lowest BCUT2D eigenvalue weighted by Crippen LogP contribution is -2.57. The standard InChI is InChI=1S/C18H24I3NO11/c19-12-11(15(29)30)18(21,4-9(27)6-25)17(16(31)32,3-8(26)5-24)14(20)13(12)33-7-10(28)22-1-2-23/h8-9,23-27H,1-7H2,(H,22,28)(H,29,30)(H,31,32). The first kappa shape index (κ1) is 30.7. The second-order valence-corrected chi connectivity index (χ2v) is 11.1. The molecule has 0 fully saturated rings. The highest BCUT2D eigenvalue weighted by molar-refractivity contribution is 14.1. The van der Waals surface area contributed by atoms with Crippen molar-refractivity contribution in [2.45, 2.75) is 28.5 Å². The highest BCUT2D eigenvalue weighted by Crippen LogP contribution is 2.62. The Kier molecular flexibility index (Phi) is 12.2. The number of amides is 1. The fourth-order valence-electron chi connectivity index (χ4n) is 3.42. The van der Waals surface area contributed by atoms with Gasteiger partial charge in [0, 0.05) is 6.54 Å². The van der Waals surface area contributed by atoms with Gasteiger partial charge in [0.2, 0.25) is 0 Å². The number of allylic oxidation sites excluding steroid dienone is 1. The Morgan fingerprint density at radius 3 is 2.00 bits per heavy atom. The van der Waals surface area contributed by atoms with E-state index in [0.29, 0.717) is 0 Å². The summed E-state index contributed by atoms with van der Waals surface area (Å²) in [4.78, 5) is 37.1. The van der Waals surface area contributed by atoms with Crippen molar-refractivity contribution in [3.8, 4) is 0 Å². The van der Waals surface area contributed by atoms with E-state index in [1.54, 1.807) is 67.8 Å². The summed E-state index contributed by atoms with van der Waals surface area (Å²) in [7, 11) is 0. The SMILES string of the molecule is O=C(COC1=C(I)C(CC(O)CO)(C(=O)O)C(I)(CC(O)CO)C(C(=O)O)=C1I)NCCO. The van der Waals surface area contributed by atoms with Crippen LogP contribution in [0.1, 0.15) is 12.8 Å². The number of aliphatic hydroxyl groups excluding tert-OH is 5. The monoisotopic (exact) mass is 811 g/mol. The molecule has 0 aromatic rings. The Bertz CT molecular complexity index is 833. The van der Waals surface area contributed by atoms with Gasteiger partial charge in [-0.15, -0.1) is 0 Å². The minimum absolute atomic E-state index is 0.0330. The first-order chi connectivity index (χ1) is 15.3. The molecule has 8 N–H and O–H groups in total. The minimum Gasteiger partial charge on any atom is -0.482 e. The van der Waals surface area contributed by atoms with E-state index in [9.17, 15) is 45.0 Å². The van der Waals surface area contributed by atoms with Gasteiger partial charge in [0.25, 0.3) is 5.91 Å². The second-order valence-electron chi connectivity index (χ2n) is 7.09. The smallest absolute Gasteiger partial charge is 0.334 e. The van der Waals surface area contributed by atoms with Crippen LogP contribution in [0.25, 0.3) is 0 Å². The number of hydrogen-bond donors (Lipinski definition) is 8. The molecule has 4 unspecified atom stereocenters. The number of ether oxygens (including phenoxy) is 1. The molecular formula is C18H24I3NO11. The van der Waals surface area contributed by atoms with Crippen molar-refractivity contribution in [2.75, 3.05) is 33.0 Å². The molecule has 0 aliphatic heterocycles. The Balaban J connectivity index is 3.83. The fraction of sp³-hybridized carbons (Fsp3) is 0.611. The summed E-state index contributed by atoms with van der Waals surface area (Å²) in [5, 5.41) is 70.7. The maximum Gasteiger partial charge on any atom is 0.334 e. The molecule has 0 aromatic heterocycles. The van der Waals surface area contributed by atoms with Crippen molar-refractivity contribution in [1.29, 1.82) is 0 Å². The number of nitrogens with one attached hydrogen (secondary N) is 1. The molecule has 12 nitrogen and oxygen atoms in total. The first-order valence-electron chi connectivity index (χ1n) is 9.38. The van der Waals surface area contributed by atoms with Gasteiger partial charge in [-0.1, -0.05) is 22.6 Å². The van der Waals surface area contributed by atoms with Gasteiger partial charge in [0.15, 0.2) is 6.61 Å². The van der Waals surface area contributed by atoms with Gasteiger partial charge < -0.3 is 45.8 Å². The molecule has 188 valence electrons. The van der Waals surface area contributed by atoms with E-state index in [2.05, 4.69) is 5.32 Å². The van der Waals surface area contributed by atoms with Gasteiger partial charge in [0.1, 0.15) is 11.2 Å². The molecule has 4 atom stereocenters. The molecule has 0 bridgehead atoms. The zero-order valence-corrected chi connectivity index (χ0v) is 23.5. The Morgan fingerprint density at radius 2 is 1.55 bits per heavy atom. The first-order valence-corrected chi connectivity index (χ1v) is 12.6. The molecule has 0 heterocycles. The van der Waals surface area contributed by atoms with Crippen LogP contribution in [-0.4, -0.2) is 102 Å². The van der Waals surface area contributed by atoms with Crippen LogP contribution >= 0.6 is 67.8 Å². The average Bonchev–Trinajstić information content (AvgIpc) is 2.74. The zero-order valence-electron chi connectivity index (χ0n) is 17.0. The maximum atomic E-state index is 12.8. The van der Waals surface area contributed by atoms with Gasteiger partial charge in [-0.25, -0.2) is 4.79 Å². The van der Waals surface area contributed by atoms with E-state index in [-0.39, 0.29) is 26.1 Å². The van der Waals surface area contributed by atoms with Crippen LogP contribution in [0, 0.1) is 5.41 Å².